The lowest BCUT2D eigenvalue weighted by Crippen LogP contribution is -2.26. The molecule has 4 nitrogen and oxygen atoms in total. The van der Waals surface area contributed by atoms with Crippen molar-refractivity contribution >= 4 is 11.5 Å². The van der Waals surface area contributed by atoms with Gasteiger partial charge in [-0.15, -0.1) is 0 Å². The highest BCUT2D eigenvalue weighted by Gasteiger charge is 2.25. The van der Waals surface area contributed by atoms with Gasteiger partial charge in [-0.1, -0.05) is 19.9 Å². The number of imidazole rings is 1. The summed E-state index contributed by atoms with van der Waals surface area (Å²) < 4.78 is 2.20. The lowest BCUT2D eigenvalue weighted by molar-refractivity contribution is 0.631. The number of hydrogen-bond acceptors (Lipinski definition) is 3. The van der Waals surface area contributed by atoms with Crippen molar-refractivity contribution in [1.29, 1.82) is 0 Å². The van der Waals surface area contributed by atoms with Gasteiger partial charge in [0.1, 0.15) is 5.65 Å². The number of aromatic nitrogens is 2. The van der Waals surface area contributed by atoms with Crippen molar-refractivity contribution in [3.63, 3.8) is 0 Å². The van der Waals surface area contributed by atoms with Crippen LogP contribution in [-0.4, -0.2) is 28.5 Å². The Kier molecular flexibility index (Phi) is 3.66. The number of pyridine rings is 1. The number of nitrogens with two attached hydrogens (primary N) is 1. The van der Waals surface area contributed by atoms with Crippen LogP contribution in [0.1, 0.15) is 32.4 Å². The van der Waals surface area contributed by atoms with Crippen molar-refractivity contribution in [3.05, 3.63) is 30.1 Å². The van der Waals surface area contributed by atoms with Gasteiger partial charge in [-0.05, 0) is 30.9 Å². The van der Waals surface area contributed by atoms with Crippen molar-refractivity contribution in [2.75, 3.05) is 18.0 Å². The highest BCUT2D eigenvalue weighted by Crippen LogP contribution is 2.28. The Bertz CT molecular complexity index is 589. The Morgan fingerprint density at radius 3 is 3.00 bits per heavy atom. The maximum absolute atomic E-state index is 6.19. The molecule has 4 heteroatoms. The standard InChI is InChI=1S/C16H24N4/c1-3-13(17)10-14-16(19-9-7-12(2)11-19)18-15-6-4-5-8-20(14)15/h4-6,8,12-13H,3,7,9-11,17H2,1-2H3. The van der Waals surface area contributed by atoms with E-state index in [-0.39, 0.29) is 6.04 Å². The van der Waals surface area contributed by atoms with E-state index >= 15 is 0 Å². The zero-order chi connectivity index (χ0) is 14.1. The number of nitrogens with zero attached hydrogens (tertiary/aromatic N) is 3. The Morgan fingerprint density at radius 1 is 1.45 bits per heavy atom. The van der Waals surface area contributed by atoms with Gasteiger partial charge in [-0.25, -0.2) is 4.98 Å². The molecule has 0 aromatic carbocycles. The molecule has 2 N–H and O–H groups in total. The molecule has 0 aliphatic carbocycles. The van der Waals surface area contributed by atoms with E-state index in [0.717, 1.165) is 43.3 Å². The summed E-state index contributed by atoms with van der Waals surface area (Å²) in [5.74, 6) is 1.90. The van der Waals surface area contributed by atoms with Gasteiger partial charge in [0, 0.05) is 31.7 Å². The van der Waals surface area contributed by atoms with Crippen LogP contribution in [0.3, 0.4) is 0 Å². The third kappa shape index (κ3) is 2.40. The predicted octanol–water partition coefficient (Wildman–Crippen LogP) is 2.46. The number of hydrogen-bond donors (Lipinski definition) is 1. The van der Waals surface area contributed by atoms with Crippen LogP contribution in [0.5, 0.6) is 0 Å². The fraction of sp³-hybridized carbons (Fsp3) is 0.562. The van der Waals surface area contributed by atoms with Crippen LogP contribution in [0, 0.1) is 5.92 Å². The molecule has 3 heterocycles. The molecule has 0 amide bonds. The smallest absolute Gasteiger partial charge is 0.151 e. The molecule has 2 unspecified atom stereocenters. The van der Waals surface area contributed by atoms with Gasteiger partial charge in [0.15, 0.2) is 5.82 Å². The van der Waals surface area contributed by atoms with Crippen LogP contribution in [0.4, 0.5) is 5.82 Å². The average molecular weight is 272 g/mol. The zero-order valence-corrected chi connectivity index (χ0v) is 12.4. The summed E-state index contributed by atoms with van der Waals surface area (Å²) in [5, 5.41) is 0. The van der Waals surface area contributed by atoms with Crippen molar-refractivity contribution in [2.24, 2.45) is 11.7 Å². The minimum absolute atomic E-state index is 0.203. The largest absolute Gasteiger partial charge is 0.355 e. The fourth-order valence-electron chi connectivity index (χ4n) is 3.00. The minimum Gasteiger partial charge on any atom is -0.355 e. The topological polar surface area (TPSA) is 46.6 Å². The van der Waals surface area contributed by atoms with Gasteiger partial charge >= 0.3 is 0 Å². The third-order valence-corrected chi connectivity index (χ3v) is 4.31. The molecule has 2 atom stereocenters. The molecule has 2 aromatic heterocycles. The first-order chi connectivity index (χ1) is 9.69. The first-order valence-corrected chi connectivity index (χ1v) is 7.65. The molecule has 1 saturated heterocycles. The Balaban J connectivity index is 2.03. The van der Waals surface area contributed by atoms with Gasteiger partial charge < -0.3 is 15.0 Å². The molecule has 1 aliphatic rings. The van der Waals surface area contributed by atoms with Crippen LogP contribution in [0.15, 0.2) is 24.4 Å². The fourth-order valence-corrected chi connectivity index (χ4v) is 3.00. The second-order valence-electron chi connectivity index (χ2n) is 6.02. The lowest BCUT2D eigenvalue weighted by atomic mass is 10.1. The maximum Gasteiger partial charge on any atom is 0.151 e. The molecule has 0 bridgehead atoms. The van der Waals surface area contributed by atoms with E-state index < -0.39 is 0 Å². The summed E-state index contributed by atoms with van der Waals surface area (Å²) in [6, 6.07) is 6.38. The quantitative estimate of drug-likeness (QED) is 0.930. The van der Waals surface area contributed by atoms with Gasteiger partial charge in [0.05, 0.1) is 5.69 Å². The highest BCUT2D eigenvalue weighted by molar-refractivity contribution is 5.56. The zero-order valence-electron chi connectivity index (χ0n) is 12.4. The highest BCUT2D eigenvalue weighted by atomic mass is 15.2. The summed E-state index contributed by atoms with van der Waals surface area (Å²) in [6.45, 7) is 6.68. The van der Waals surface area contributed by atoms with Crippen LogP contribution in [0.25, 0.3) is 5.65 Å². The molecule has 0 saturated carbocycles. The number of rotatable bonds is 4. The van der Waals surface area contributed by atoms with Crippen molar-refractivity contribution in [3.8, 4) is 0 Å². The Labute approximate surface area is 120 Å². The summed E-state index contributed by atoms with van der Waals surface area (Å²) in [4.78, 5) is 7.28. The SMILES string of the molecule is CCC(N)Cc1c(N2CCC(C)C2)nc2ccccn12. The number of fused-ring (bicyclic) bond motifs is 1. The second-order valence-corrected chi connectivity index (χ2v) is 6.02. The second kappa shape index (κ2) is 5.44. The molecular formula is C16H24N4. The van der Waals surface area contributed by atoms with Crippen LogP contribution >= 0.6 is 0 Å². The minimum atomic E-state index is 0.203. The molecule has 3 rings (SSSR count). The van der Waals surface area contributed by atoms with Crippen LogP contribution in [0.2, 0.25) is 0 Å². The summed E-state index contributed by atoms with van der Waals surface area (Å²) in [5.41, 5.74) is 8.49. The third-order valence-electron chi connectivity index (χ3n) is 4.31. The summed E-state index contributed by atoms with van der Waals surface area (Å²) >= 11 is 0. The van der Waals surface area contributed by atoms with Crippen molar-refractivity contribution in [2.45, 2.75) is 39.2 Å². The van der Waals surface area contributed by atoms with E-state index in [2.05, 4.69) is 41.5 Å². The van der Waals surface area contributed by atoms with Crippen molar-refractivity contribution < 1.29 is 0 Å². The van der Waals surface area contributed by atoms with E-state index in [4.69, 9.17) is 10.7 Å². The molecular weight excluding hydrogens is 248 g/mol. The van der Waals surface area contributed by atoms with Gasteiger partial charge in [-0.2, -0.15) is 0 Å². The maximum atomic E-state index is 6.19. The van der Waals surface area contributed by atoms with E-state index in [1.54, 1.807) is 0 Å². The normalized spacial score (nSPS) is 20.8. The first kappa shape index (κ1) is 13.4. The van der Waals surface area contributed by atoms with E-state index in [9.17, 15) is 0 Å². The molecule has 0 radical (unpaired) electrons. The molecule has 1 aliphatic heterocycles. The van der Waals surface area contributed by atoms with Crippen LogP contribution in [-0.2, 0) is 6.42 Å². The first-order valence-electron chi connectivity index (χ1n) is 7.65. The van der Waals surface area contributed by atoms with Gasteiger partial charge in [-0.3, -0.25) is 0 Å². The van der Waals surface area contributed by atoms with Gasteiger partial charge in [0.2, 0.25) is 0 Å². The van der Waals surface area contributed by atoms with E-state index in [1.165, 1.54) is 12.1 Å². The molecule has 108 valence electrons. The lowest BCUT2D eigenvalue weighted by Gasteiger charge is -2.18. The van der Waals surface area contributed by atoms with E-state index in [0.29, 0.717) is 0 Å². The van der Waals surface area contributed by atoms with E-state index in [1.807, 2.05) is 6.07 Å². The molecule has 20 heavy (non-hydrogen) atoms. The van der Waals surface area contributed by atoms with Gasteiger partial charge in [0.25, 0.3) is 0 Å². The van der Waals surface area contributed by atoms with Crippen molar-refractivity contribution in [1.82, 2.24) is 9.38 Å². The monoisotopic (exact) mass is 272 g/mol. The predicted molar refractivity (Wildman–Crippen MR) is 83.2 cm³/mol. The summed E-state index contributed by atoms with van der Waals surface area (Å²) in [7, 11) is 0. The van der Waals surface area contributed by atoms with Crippen LogP contribution < -0.4 is 10.6 Å². The Morgan fingerprint density at radius 2 is 2.30 bits per heavy atom. The Hall–Kier alpha value is -1.55. The molecule has 2 aromatic rings. The molecule has 0 spiro atoms. The average Bonchev–Trinajstić information content (AvgIpc) is 3.03. The number of anilines is 1. The molecule has 1 fully saturated rings. The summed E-state index contributed by atoms with van der Waals surface area (Å²) in [6.07, 6.45) is 5.24.